The molecule has 60 valence electrons. The maximum Gasteiger partial charge on any atom is 0.123 e. The molecule has 1 aromatic rings. The third kappa shape index (κ3) is 2.17. The van der Waals surface area contributed by atoms with Crippen LogP contribution in [0.25, 0.3) is 0 Å². The van der Waals surface area contributed by atoms with Crippen LogP contribution in [0.5, 0.6) is 0 Å². The molecule has 0 amide bonds. The summed E-state index contributed by atoms with van der Waals surface area (Å²) in [6.45, 7) is 0.549. The van der Waals surface area contributed by atoms with E-state index in [-0.39, 0.29) is 0 Å². The zero-order chi connectivity index (χ0) is 8.27. The van der Waals surface area contributed by atoms with Crippen LogP contribution in [-0.2, 0) is 11.3 Å². The van der Waals surface area contributed by atoms with Gasteiger partial charge >= 0.3 is 0 Å². The molecule has 0 atom stereocenters. The second-order valence-electron chi connectivity index (χ2n) is 2.13. The van der Waals surface area contributed by atoms with E-state index in [4.69, 9.17) is 10.5 Å². The molecule has 0 bridgehead atoms. The van der Waals surface area contributed by atoms with Crippen LogP contribution in [0.3, 0.4) is 0 Å². The van der Waals surface area contributed by atoms with Gasteiger partial charge in [-0.15, -0.1) is 0 Å². The Morgan fingerprint density at radius 3 is 3.09 bits per heavy atom. The SMILES string of the molecule is COCc1cc(N)ncc1Br. The first kappa shape index (κ1) is 8.49. The predicted molar refractivity (Wildman–Crippen MR) is 47.1 cm³/mol. The number of rotatable bonds is 2. The Morgan fingerprint density at radius 2 is 2.45 bits per heavy atom. The number of hydrogen-bond donors (Lipinski definition) is 1. The molecule has 4 heteroatoms. The van der Waals surface area contributed by atoms with Gasteiger partial charge in [-0.3, -0.25) is 0 Å². The summed E-state index contributed by atoms with van der Waals surface area (Å²) in [6, 6.07) is 1.79. The van der Waals surface area contributed by atoms with Gasteiger partial charge in [0.05, 0.1) is 6.61 Å². The van der Waals surface area contributed by atoms with Crippen molar-refractivity contribution >= 4 is 21.7 Å². The number of pyridine rings is 1. The fourth-order valence-corrected chi connectivity index (χ4v) is 1.10. The minimum Gasteiger partial charge on any atom is -0.384 e. The highest BCUT2D eigenvalue weighted by Gasteiger charge is 1.99. The molecule has 0 saturated heterocycles. The summed E-state index contributed by atoms with van der Waals surface area (Å²) in [6.07, 6.45) is 1.67. The molecule has 1 aromatic heterocycles. The van der Waals surface area contributed by atoms with Crippen LogP contribution in [0.15, 0.2) is 16.7 Å². The molecule has 0 fully saturated rings. The molecule has 0 aromatic carbocycles. The average molecular weight is 217 g/mol. The Balaban J connectivity index is 2.93. The first-order chi connectivity index (χ1) is 5.24. The molecule has 0 unspecified atom stereocenters. The van der Waals surface area contributed by atoms with Crippen LogP contribution >= 0.6 is 15.9 Å². The largest absolute Gasteiger partial charge is 0.384 e. The molecular weight excluding hydrogens is 208 g/mol. The van der Waals surface area contributed by atoms with Crippen molar-refractivity contribution in [3.8, 4) is 0 Å². The zero-order valence-electron chi connectivity index (χ0n) is 6.17. The second-order valence-corrected chi connectivity index (χ2v) is 2.99. The Hall–Kier alpha value is -0.610. The van der Waals surface area contributed by atoms with Gasteiger partial charge in [-0.1, -0.05) is 0 Å². The monoisotopic (exact) mass is 216 g/mol. The molecule has 0 aliphatic carbocycles. The van der Waals surface area contributed by atoms with Gasteiger partial charge in [0.25, 0.3) is 0 Å². The van der Waals surface area contributed by atoms with Crippen molar-refractivity contribution in [1.29, 1.82) is 0 Å². The van der Waals surface area contributed by atoms with Gasteiger partial charge in [-0.2, -0.15) is 0 Å². The van der Waals surface area contributed by atoms with Crippen molar-refractivity contribution in [2.75, 3.05) is 12.8 Å². The lowest BCUT2D eigenvalue weighted by Gasteiger charge is -2.02. The molecule has 0 aliphatic heterocycles. The number of aromatic nitrogens is 1. The van der Waals surface area contributed by atoms with Gasteiger partial charge in [0.1, 0.15) is 5.82 Å². The van der Waals surface area contributed by atoms with Crippen LogP contribution in [0.2, 0.25) is 0 Å². The standard InChI is InChI=1S/C7H9BrN2O/c1-11-4-5-2-7(9)10-3-6(5)8/h2-3H,4H2,1H3,(H2,9,10). The van der Waals surface area contributed by atoms with E-state index >= 15 is 0 Å². The molecule has 1 rings (SSSR count). The van der Waals surface area contributed by atoms with Crippen molar-refractivity contribution in [3.63, 3.8) is 0 Å². The lowest BCUT2D eigenvalue weighted by Crippen LogP contribution is -1.95. The Bertz CT molecular complexity index is 252. The first-order valence-electron chi connectivity index (χ1n) is 3.13. The Kier molecular flexibility index (Phi) is 2.84. The highest BCUT2D eigenvalue weighted by molar-refractivity contribution is 9.10. The van der Waals surface area contributed by atoms with Crippen LogP contribution in [-0.4, -0.2) is 12.1 Å². The lowest BCUT2D eigenvalue weighted by molar-refractivity contribution is 0.184. The third-order valence-corrected chi connectivity index (χ3v) is 1.97. The fourth-order valence-electron chi connectivity index (χ4n) is 0.765. The van der Waals surface area contributed by atoms with Crippen molar-refractivity contribution in [3.05, 3.63) is 22.3 Å². The van der Waals surface area contributed by atoms with E-state index in [1.54, 1.807) is 19.4 Å². The van der Waals surface area contributed by atoms with Gasteiger partial charge in [-0.25, -0.2) is 4.98 Å². The van der Waals surface area contributed by atoms with E-state index in [1.807, 2.05) is 0 Å². The number of ether oxygens (including phenoxy) is 1. The number of anilines is 1. The summed E-state index contributed by atoms with van der Waals surface area (Å²) in [4.78, 5) is 3.90. The summed E-state index contributed by atoms with van der Waals surface area (Å²) in [5, 5.41) is 0. The van der Waals surface area contributed by atoms with E-state index in [2.05, 4.69) is 20.9 Å². The van der Waals surface area contributed by atoms with Gasteiger partial charge < -0.3 is 10.5 Å². The van der Waals surface area contributed by atoms with E-state index in [9.17, 15) is 0 Å². The molecule has 3 nitrogen and oxygen atoms in total. The highest BCUT2D eigenvalue weighted by atomic mass is 79.9. The molecular formula is C7H9BrN2O. The molecule has 0 spiro atoms. The second kappa shape index (κ2) is 3.69. The van der Waals surface area contributed by atoms with Crippen molar-refractivity contribution in [2.45, 2.75) is 6.61 Å². The van der Waals surface area contributed by atoms with Gasteiger partial charge in [0, 0.05) is 17.8 Å². The molecule has 0 radical (unpaired) electrons. The smallest absolute Gasteiger partial charge is 0.123 e. The summed E-state index contributed by atoms with van der Waals surface area (Å²) >= 11 is 3.33. The maximum absolute atomic E-state index is 5.47. The van der Waals surface area contributed by atoms with Crippen LogP contribution < -0.4 is 5.73 Å². The Labute approximate surface area is 73.7 Å². The van der Waals surface area contributed by atoms with Crippen LogP contribution in [0.1, 0.15) is 5.56 Å². The number of nitrogens with two attached hydrogens (primary N) is 1. The predicted octanol–water partition coefficient (Wildman–Crippen LogP) is 1.57. The van der Waals surface area contributed by atoms with E-state index in [0.717, 1.165) is 10.0 Å². The summed E-state index contributed by atoms with van der Waals surface area (Å²) in [7, 11) is 1.64. The first-order valence-corrected chi connectivity index (χ1v) is 3.92. The minimum absolute atomic E-state index is 0.514. The number of methoxy groups -OCH3 is 1. The van der Waals surface area contributed by atoms with Crippen molar-refractivity contribution in [1.82, 2.24) is 4.98 Å². The fraction of sp³-hybridized carbons (Fsp3) is 0.286. The van der Waals surface area contributed by atoms with Gasteiger partial charge in [-0.05, 0) is 27.6 Å². The van der Waals surface area contributed by atoms with Crippen LogP contribution in [0.4, 0.5) is 5.82 Å². The maximum atomic E-state index is 5.47. The molecule has 2 N–H and O–H groups in total. The number of nitrogen functional groups attached to an aromatic ring is 1. The van der Waals surface area contributed by atoms with Gasteiger partial charge in [0.2, 0.25) is 0 Å². The highest BCUT2D eigenvalue weighted by Crippen LogP contribution is 2.17. The molecule has 1 heterocycles. The average Bonchev–Trinajstić information content (AvgIpc) is 1.98. The van der Waals surface area contributed by atoms with E-state index in [1.165, 1.54) is 0 Å². The van der Waals surface area contributed by atoms with Crippen molar-refractivity contribution in [2.24, 2.45) is 0 Å². The van der Waals surface area contributed by atoms with E-state index in [0.29, 0.717) is 12.4 Å². The quantitative estimate of drug-likeness (QED) is 0.817. The molecule has 0 aliphatic rings. The molecule has 0 saturated carbocycles. The van der Waals surface area contributed by atoms with Crippen LogP contribution in [0, 0.1) is 0 Å². The van der Waals surface area contributed by atoms with E-state index < -0.39 is 0 Å². The number of hydrogen-bond acceptors (Lipinski definition) is 3. The topological polar surface area (TPSA) is 48.1 Å². The van der Waals surface area contributed by atoms with Crippen molar-refractivity contribution < 1.29 is 4.74 Å². The minimum atomic E-state index is 0.514. The summed E-state index contributed by atoms with van der Waals surface area (Å²) in [5.41, 5.74) is 6.48. The Morgan fingerprint density at radius 1 is 1.73 bits per heavy atom. The van der Waals surface area contributed by atoms with Gasteiger partial charge in [0.15, 0.2) is 0 Å². The molecule has 11 heavy (non-hydrogen) atoms. The lowest BCUT2D eigenvalue weighted by atomic mass is 10.3. The summed E-state index contributed by atoms with van der Waals surface area (Å²) < 4.78 is 5.87. The summed E-state index contributed by atoms with van der Waals surface area (Å²) in [5.74, 6) is 0.514. The third-order valence-electron chi connectivity index (χ3n) is 1.26. The normalized spacial score (nSPS) is 10.0. The zero-order valence-corrected chi connectivity index (χ0v) is 7.76. The number of halogens is 1. The number of nitrogens with zero attached hydrogens (tertiary/aromatic N) is 1.